The predicted octanol–water partition coefficient (Wildman–Crippen LogP) is 3.01. The number of anilines is 1. The van der Waals surface area contributed by atoms with Crippen molar-refractivity contribution in [3.63, 3.8) is 0 Å². The Bertz CT molecular complexity index is 1110. The van der Waals surface area contributed by atoms with E-state index in [4.69, 9.17) is 24.7 Å². The number of nitrogens with zero attached hydrogens (tertiary/aromatic N) is 4. The number of aromatic nitrogens is 4. The van der Waals surface area contributed by atoms with E-state index in [9.17, 15) is 14.2 Å². The van der Waals surface area contributed by atoms with Crippen LogP contribution in [-0.4, -0.2) is 75.8 Å². The third-order valence-corrected chi connectivity index (χ3v) is 7.70. The Hall–Kier alpha value is -2.80. The second-order valence-corrected chi connectivity index (χ2v) is 11.9. The molecule has 0 unspecified atom stereocenters. The van der Waals surface area contributed by atoms with Crippen molar-refractivity contribution in [2.75, 3.05) is 31.9 Å². The van der Waals surface area contributed by atoms with Crippen LogP contribution in [0.25, 0.3) is 11.2 Å². The molecular weight excluding hydrogens is 541 g/mol. The van der Waals surface area contributed by atoms with Gasteiger partial charge < -0.3 is 29.2 Å². The molecular formula is C25H44N7O7P. The van der Waals surface area contributed by atoms with Crippen LogP contribution < -0.4 is 20.6 Å². The Kier molecular flexibility index (Phi) is 13.7. The van der Waals surface area contributed by atoms with E-state index in [-0.39, 0.29) is 44.1 Å². The van der Waals surface area contributed by atoms with Crippen molar-refractivity contribution in [1.29, 1.82) is 0 Å². The zero-order valence-electron chi connectivity index (χ0n) is 24.3. The quantitative estimate of drug-likeness (QED) is 0.124. The summed E-state index contributed by atoms with van der Waals surface area (Å²) >= 11 is 0. The number of hydrogen-bond acceptors (Lipinski definition) is 11. The number of unbranched alkanes of at least 4 members (excludes halogenated alkanes) is 2. The normalized spacial score (nSPS) is 13.4. The fraction of sp³-hybridized carbons (Fsp3) is 0.720. The van der Waals surface area contributed by atoms with Gasteiger partial charge in [0, 0.05) is 6.54 Å². The molecule has 0 bridgehead atoms. The van der Waals surface area contributed by atoms with E-state index in [2.05, 4.69) is 25.1 Å². The minimum Gasteiger partial charge on any atom is -0.473 e. The van der Waals surface area contributed by atoms with Gasteiger partial charge in [0.2, 0.25) is 19.3 Å². The molecule has 15 heteroatoms. The van der Waals surface area contributed by atoms with Crippen LogP contribution in [0.15, 0.2) is 6.33 Å². The Morgan fingerprint density at radius 2 is 1.55 bits per heavy atom. The van der Waals surface area contributed by atoms with E-state index < -0.39 is 31.5 Å². The fourth-order valence-electron chi connectivity index (χ4n) is 3.49. The van der Waals surface area contributed by atoms with Crippen LogP contribution in [-0.2, 0) is 34.9 Å². The minimum absolute atomic E-state index is 0.0448. The highest BCUT2D eigenvalue weighted by Crippen LogP contribution is 2.37. The number of hydrogen-bond donors (Lipinski definition) is 3. The second kappa shape index (κ2) is 16.5. The molecule has 0 aliphatic carbocycles. The van der Waals surface area contributed by atoms with Gasteiger partial charge in [0.1, 0.15) is 18.4 Å². The van der Waals surface area contributed by atoms with Crippen LogP contribution in [0.4, 0.5) is 5.95 Å². The molecule has 2 atom stereocenters. The van der Waals surface area contributed by atoms with E-state index in [1.807, 2.05) is 27.7 Å². The van der Waals surface area contributed by atoms with Crippen molar-refractivity contribution in [3.05, 3.63) is 6.33 Å². The number of nitrogens with one attached hydrogen (secondary N) is 2. The molecule has 0 fully saturated rings. The van der Waals surface area contributed by atoms with Crippen molar-refractivity contribution >= 4 is 36.5 Å². The van der Waals surface area contributed by atoms with Crippen LogP contribution in [0.1, 0.15) is 67.2 Å². The fourth-order valence-corrected chi connectivity index (χ4v) is 5.56. The lowest BCUT2D eigenvalue weighted by Crippen LogP contribution is -2.43. The van der Waals surface area contributed by atoms with Crippen LogP contribution in [0.2, 0.25) is 0 Å². The molecule has 0 aromatic carbocycles. The van der Waals surface area contributed by atoms with Gasteiger partial charge in [0.05, 0.1) is 32.3 Å². The largest absolute Gasteiger partial charge is 0.473 e. The zero-order chi connectivity index (χ0) is 29.7. The lowest BCUT2D eigenvalue weighted by molar-refractivity contribution is -0.145. The number of fused-ring (bicyclic) bond motifs is 1. The van der Waals surface area contributed by atoms with Gasteiger partial charge in [-0.05, 0) is 40.5 Å². The first-order valence-electron chi connectivity index (χ1n) is 13.7. The second-order valence-electron chi connectivity index (χ2n) is 9.68. The van der Waals surface area contributed by atoms with Crippen molar-refractivity contribution in [2.24, 2.45) is 0 Å². The van der Waals surface area contributed by atoms with E-state index in [1.165, 1.54) is 0 Å². The molecule has 2 rings (SSSR count). The Balaban J connectivity index is 2.08. The average Bonchev–Trinajstić information content (AvgIpc) is 3.29. The van der Waals surface area contributed by atoms with Gasteiger partial charge in [-0.25, -0.2) is 15.2 Å². The Labute approximate surface area is 235 Å². The Morgan fingerprint density at radius 1 is 0.975 bits per heavy atom. The topological polar surface area (TPSA) is 182 Å². The molecule has 0 saturated heterocycles. The summed E-state index contributed by atoms with van der Waals surface area (Å²) in [6.45, 7) is 11.8. The van der Waals surface area contributed by atoms with Gasteiger partial charge in [-0.2, -0.15) is 9.97 Å². The van der Waals surface area contributed by atoms with E-state index in [0.717, 1.165) is 25.7 Å². The maximum atomic E-state index is 13.8. The summed E-state index contributed by atoms with van der Waals surface area (Å²) in [4.78, 5) is 37.5. The molecule has 0 aliphatic rings. The van der Waals surface area contributed by atoms with E-state index in [0.29, 0.717) is 17.7 Å². The molecule has 40 heavy (non-hydrogen) atoms. The molecule has 0 saturated carbocycles. The average molecular weight is 586 g/mol. The first-order valence-corrected chi connectivity index (χ1v) is 15.6. The van der Waals surface area contributed by atoms with Crippen molar-refractivity contribution in [3.8, 4) is 5.88 Å². The smallest absolute Gasteiger partial charge is 0.323 e. The first kappa shape index (κ1) is 33.4. The highest BCUT2D eigenvalue weighted by atomic mass is 31.2. The molecule has 0 spiro atoms. The van der Waals surface area contributed by atoms with Crippen LogP contribution in [0, 0.1) is 0 Å². The van der Waals surface area contributed by atoms with Crippen molar-refractivity contribution in [2.45, 2.75) is 92.0 Å². The number of carbonyl (C=O) groups is 2. The Morgan fingerprint density at radius 3 is 2.08 bits per heavy atom. The monoisotopic (exact) mass is 585 g/mol. The van der Waals surface area contributed by atoms with Gasteiger partial charge >= 0.3 is 11.9 Å². The number of rotatable bonds is 19. The number of imidazole rings is 1. The molecule has 0 aliphatic heterocycles. The maximum absolute atomic E-state index is 13.8. The summed E-state index contributed by atoms with van der Waals surface area (Å²) in [5, 5.41) is 5.59. The van der Waals surface area contributed by atoms with Crippen LogP contribution >= 0.6 is 7.44 Å². The highest BCUT2D eigenvalue weighted by Gasteiger charge is 2.32. The maximum Gasteiger partial charge on any atom is 0.323 e. The van der Waals surface area contributed by atoms with Crippen molar-refractivity contribution < 1.29 is 33.1 Å². The molecule has 0 radical (unpaired) electrons. The number of nitrogens with two attached hydrogens (primary N) is 1. The van der Waals surface area contributed by atoms with E-state index >= 15 is 0 Å². The highest BCUT2D eigenvalue weighted by molar-refractivity contribution is 7.59. The minimum atomic E-state index is -3.62. The van der Waals surface area contributed by atoms with Gasteiger partial charge in [-0.1, -0.05) is 26.7 Å². The van der Waals surface area contributed by atoms with Crippen LogP contribution in [0.5, 0.6) is 5.88 Å². The molecule has 2 heterocycles. The van der Waals surface area contributed by atoms with Crippen LogP contribution in [0.3, 0.4) is 0 Å². The summed E-state index contributed by atoms with van der Waals surface area (Å²) in [6.07, 6.45) is 4.32. The molecule has 0 amide bonds. The summed E-state index contributed by atoms with van der Waals surface area (Å²) in [5.74, 6) is -0.761. The molecule has 226 valence electrons. The summed E-state index contributed by atoms with van der Waals surface area (Å²) < 4.78 is 37.5. The summed E-state index contributed by atoms with van der Waals surface area (Å²) in [7, 11) is -3.62. The van der Waals surface area contributed by atoms with Gasteiger partial charge in [-0.3, -0.25) is 14.2 Å². The van der Waals surface area contributed by atoms with Gasteiger partial charge in [-0.15, -0.1) is 0 Å². The number of esters is 2. The molecule has 2 aromatic heterocycles. The lowest BCUT2D eigenvalue weighted by atomic mass is 10.3. The van der Waals surface area contributed by atoms with Gasteiger partial charge in [0.15, 0.2) is 11.2 Å². The zero-order valence-corrected chi connectivity index (χ0v) is 25.2. The number of ether oxygens (including phenoxy) is 4. The summed E-state index contributed by atoms with van der Waals surface area (Å²) in [5.41, 5.74) is 6.79. The standard InChI is InChI=1S/C25H44N7O7P/c1-7-9-12-37-23(33)18(5)30-40(35,31-19(6)24(34)38-13-10-8-2)16-36-14-11-32-15-27-20-21(32)28-25(26)29-22(20)39-17(3)4/h15,17-19H,7-14,16H2,1-6H3,(H2,26,28,29)(H2,30,31,35)/t18-,19-/m0/s1. The van der Waals surface area contributed by atoms with E-state index in [1.54, 1.807) is 24.7 Å². The molecule has 2 aromatic rings. The number of nitrogen functional groups attached to an aromatic ring is 1. The van der Waals surface area contributed by atoms with Gasteiger partial charge in [0.25, 0.3) is 0 Å². The predicted molar refractivity (Wildman–Crippen MR) is 151 cm³/mol. The summed E-state index contributed by atoms with van der Waals surface area (Å²) in [6, 6.07) is -1.81. The molecule has 14 nitrogen and oxygen atoms in total. The third-order valence-electron chi connectivity index (χ3n) is 5.54. The third kappa shape index (κ3) is 10.6. The molecule has 4 N–H and O–H groups in total. The SMILES string of the molecule is CCCCOC(=O)[C@H](C)NP(=O)(COCCn1cnc2c(OC(C)C)nc(N)nc21)N[C@@H](C)C(=O)OCCCC. The first-order chi connectivity index (χ1) is 19.0. The number of carbonyl (C=O) groups excluding carboxylic acids is 2. The van der Waals surface area contributed by atoms with Crippen molar-refractivity contribution in [1.82, 2.24) is 29.7 Å². The lowest BCUT2D eigenvalue weighted by Gasteiger charge is -2.26.